The predicted molar refractivity (Wildman–Crippen MR) is 60.2 cm³/mol. The molecule has 1 aromatic rings. The predicted octanol–water partition coefficient (Wildman–Crippen LogP) is 1.21. The van der Waals surface area contributed by atoms with Crippen molar-refractivity contribution < 1.29 is 35.9 Å². The molecule has 0 aliphatic heterocycles. The highest BCUT2D eigenvalue weighted by molar-refractivity contribution is 7.90. The lowest BCUT2D eigenvalue weighted by atomic mass is 10.3. The lowest BCUT2D eigenvalue weighted by Crippen LogP contribution is -2.21. The summed E-state index contributed by atoms with van der Waals surface area (Å²) in [5, 5.41) is 0. The lowest BCUT2D eigenvalue weighted by molar-refractivity contribution is -0.154. The molecular formula is C10H10F3NO5S. The van der Waals surface area contributed by atoms with E-state index < -0.39 is 39.4 Å². The topological polar surface area (TPSA) is 82.6 Å². The molecule has 0 spiro atoms. The molecule has 0 saturated heterocycles. The van der Waals surface area contributed by atoms with Crippen LogP contribution in [-0.4, -0.2) is 45.5 Å². The van der Waals surface area contributed by atoms with Gasteiger partial charge in [0, 0.05) is 12.5 Å². The molecule has 1 heterocycles. The van der Waals surface area contributed by atoms with E-state index in [-0.39, 0.29) is 5.56 Å². The summed E-state index contributed by atoms with van der Waals surface area (Å²) in [5.74, 6) is -1.60. The maximum absolute atomic E-state index is 12.1. The summed E-state index contributed by atoms with van der Waals surface area (Å²) >= 11 is 0. The third-order valence-electron chi connectivity index (χ3n) is 2.01. The van der Waals surface area contributed by atoms with Crippen molar-refractivity contribution >= 4 is 15.8 Å². The molecule has 1 rings (SSSR count). The van der Waals surface area contributed by atoms with Crippen molar-refractivity contribution in [2.45, 2.75) is 11.1 Å². The quantitative estimate of drug-likeness (QED) is 0.777. The van der Waals surface area contributed by atoms with Crippen molar-refractivity contribution in [3.63, 3.8) is 0 Å². The summed E-state index contributed by atoms with van der Waals surface area (Å²) in [6.07, 6.45) is -3.02. The highest BCUT2D eigenvalue weighted by Crippen LogP contribution is 2.25. The number of alkyl halides is 3. The molecule has 112 valence electrons. The fourth-order valence-electron chi connectivity index (χ4n) is 1.19. The maximum atomic E-state index is 12.1. The van der Waals surface area contributed by atoms with Crippen LogP contribution in [-0.2, 0) is 14.6 Å². The normalized spacial score (nSPS) is 12.1. The van der Waals surface area contributed by atoms with Crippen LogP contribution >= 0.6 is 0 Å². The van der Waals surface area contributed by atoms with E-state index in [0.29, 0.717) is 0 Å². The Labute approximate surface area is 112 Å². The van der Waals surface area contributed by atoms with Gasteiger partial charge in [-0.2, -0.15) is 13.2 Å². The van der Waals surface area contributed by atoms with Gasteiger partial charge in [0.25, 0.3) is 0 Å². The monoisotopic (exact) mass is 313 g/mol. The zero-order valence-electron chi connectivity index (χ0n) is 10.4. The number of esters is 1. The molecule has 1 aromatic heterocycles. The van der Waals surface area contributed by atoms with Crippen molar-refractivity contribution in [2.75, 3.05) is 20.0 Å². The highest BCUT2D eigenvalue weighted by atomic mass is 32.2. The number of methoxy groups -OCH3 is 1. The Balaban J connectivity index is 3.22. The van der Waals surface area contributed by atoms with Crippen LogP contribution in [0.3, 0.4) is 0 Å². The van der Waals surface area contributed by atoms with Gasteiger partial charge in [-0.3, -0.25) is 0 Å². The van der Waals surface area contributed by atoms with Gasteiger partial charge in [0.15, 0.2) is 16.4 Å². The van der Waals surface area contributed by atoms with E-state index in [4.69, 9.17) is 0 Å². The van der Waals surface area contributed by atoms with Crippen LogP contribution in [0.15, 0.2) is 17.2 Å². The molecule has 0 aromatic carbocycles. The van der Waals surface area contributed by atoms with Gasteiger partial charge >= 0.3 is 12.1 Å². The van der Waals surface area contributed by atoms with Gasteiger partial charge in [0.2, 0.25) is 5.88 Å². The van der Waals surface area contributed by atoms with Gasteiger partial charge in [-0.1, -0.05) is 0 Å². The van der Waals surface area contributed by atoms with Crippen LogP contribution in [0.5, 0.6) is 5.88 Å². The number of sulfone groups is 1. The minimum Gasteiger partial charge on any atom is -0.467 e. The second kappa shape index (κ2) is 5.65. The number of carbonyl (C=O) groups is 1. The Hall–Kier alpha value is -1.84. The van der Waals surface area contributed by atoms with E-state index in [1.807, 2.05) is 0 Å². The van der Waals surface area contributed by atoms with Gasteiger partial charge in [-0.25, -0.2) is 18.2 Å². The fraction of sp³-hybridized carbons (Fsp3) is 0.400. The first-order valence-electron chi connectivity index (χ1n) is 5.02. The van der Waals surface area contributed by atoms with E-state index in [1.54, 1.807) is 0 Å². The zero-order valence-corrected chi connectivity index (χ0v) is 11.2. The first-order valence-corrected chi connectivity index (χ1v) is 6.91. The molecule has 0 unspecified atom stereocenters. The molecule has 0 aliphatic carbocycles. The number of halogens is 3. The molecule has 0 amide bonds. The Morgan fingerprint density at radius 1 is 1.40 bits per heavy atom. The van der Waals surface area contributed by atoms with Crippen LogP contribution in [0, 0.1) is 0 Å². The second-order valence-corrected chi connectivity index (χ2v) is 5.68. The van der Waals surface area contributed by atoms with Crippen molar-refractivity contribution in [3.05, 3.63) is 17.8 Å². The fourth-order valence-corrected chi connectivity index (χ4v) is 1.96. The van der Waals surface area contributed by atoms with Crippen LogP contribution in [0.1, 0.15) is 10.4 Å². The molecule has 6 nitrogen and oxygen atoms in total. The largest absolute Gasteiger partial charge is 0.467 e. The van der Waals surface area contributed by atoms with Crippen molar-refractivity contribution in [3.8, 4) is 5.88 Å². The van der Waals surface area contributed by atoms with Gasteiger partial charge in [-0.05, 0) is 6.07 Å². The molecule has 0 atom stereocenters. The highest BCUT2D eigenvalue weighted by Gasteiger charge is 2.30. The summed E-state index contributed by atoms with van der Waals surface area (Å²) in [5.41, 5.74) is -0.215. The average Bonchev–Trinajstić information content (AvgIpc) is 2.33. The van der Waals surface area contributed by atoms with Crippen molar-refractivity contribution in [2.24, 2.45) is 0 Å². The molecule has 0 radical (unpaired) electrons. The van der Waals surface area contributed by atoms with Crippen LogP contribution in [0.4, 0.5) is 13.2 Å². The lowest BCUT2D eigenvalue weighted by Gasteiger charge is -2.11. The number of carbonyl (C=O) groups excluding carboxylic acids is 1. The van der Waals surface area contributed by atoms with E-state index in [1.165, 1.54) is 0 Å². The summed E-state index contributed by atoms with van der Waals surface area (Å²) in [6.45, 7) is -1.69. The first kappa shape index (κ1) is 16.2. The smallest absolute Gasteiger partial charge is 0.422 e. The molecule has 0 N–H and O–H groups in total. The minimum atomic E-state index is -4.64. The number of rotatable bonds is 4. The van der Waals surface area contributed by atoms with E-state index in [2.05, 4.69) is 14.5 Å². The Bertz CT molecular complexity index is 612. The SMILES string of the molecule is COC(=O)c1cnc(OCC(F)(F)F)c(S(C)(=O)=O)c1. The van der Waals surface area contributed by atoms with Crippen LogP contribution < -0.4 is 4.74 Å². The second-order valence-electron chi connectivity index (χ2n) is 3.69. The number of pyridine rings is 1. The van der Waals surface area contributed by atoms with Gasteiger partial charge in [-0.15, -0.1) is 0 Å². The maximum Gasteiger partial charge on any atom is 0.422 e. The summed E-state index contributed by atoms with van der Waals surface area (Å²) in [4.78, 5) is 14.0. The van der Waals surface area contributed by atoms with Gasteiger partial charge in [0.05, 0.1) is 12.7 Å². The third-order valence-corrected chi connectivity index (χ3v) is 3.10. The van der Waals surface area contributed by atoms with Crippen molar-refractivity contribution in [1.29, 1.82) is 0 Å². The summed E-state index contributed by atoms with van der Waals surface area (Å²) < 4.78 is 67.8. The van der Waals surface area contributed by atoms with Gasteiger partial charge in [0.1, 0.15) is 4.90 Å². The molecular weight excluding hydrogens is 303 g/mol. The summed E-state index contributed by atoms with van der Waals surface area (Å²) in [7, 11) is -2.86. The molecule has 10 heteroatoms. The zero-order chi connectivity index (χ0) is 15.6. The Kier molecular flexibility index (Phi) is 4.58. The standard InChI is InChI=1S/C10H10F3NO5S/c1-18-9(15)6-3-7(20(2,16)17)8(14-4-6)19-5-10(11,12)13/h3-4H,5H2,1-2H3. The first-order chi connectivity index (χ1) is 9.04. The number of ether oxygens (including phenoxy) is 2. The van der Waals surface area contributed by atoms with E-state index >= 15 is 0 Å². The third kappa shape index (κ3) is 4.37. The van der Waals surface area contributed by atoms with Gasteiger partial charge < -0.3 is 9.47 Å². The number of hydrogen-bond acceptors (Lipinski definition) is 6. The molecule has 0 saturated carbocycles. The molecule has 0 fully saturated rings. The Morgan fingerprint density at radius 3 is 2.45 bits per heavy atom. The molecule has 20 heavy (non-hydrogen) atoms. The number of aromatic nitrogens is 1. The molecule has 0 bridgehead atoms. The number of hydrogen-bond donors (Lipinski definition) is 0. The minimum absolute atomic E-state index is 0.215. The van der Waals surface area contributed by atoms with Crippen LogP contribution in [0.2, 0.25) is 0 Å². The average molecular weight is 313 g/mol. The van der Waals surface area contributed by atoms with Crippen molar-refractivity contribution in [1.82, 2.24) is 4.98 Å². The van der Waals surface area contributed by atoms with Crippen LogP contribution in [0.25, 0.3) is 0 Å². The molecule has 0 aliphatic rings. The Morgan fingerprint density at radius 2 is 2.00 bits per heavy atom. The summed E-state index contributed by atoms with van der Waals surface area (Å²) in [6, 6.07) is 0.847. The van der Waals surface area contributed by atoms with E-state index in [9.17, 15) is 26.4 Å². The van der Waals surface area contributed by atoms with E-state index in [0.717, 1.165) is 25.6 Å². The number of nitrogens with zero attached hydrogens (tertiary/aromatic N) is 1.